The number of esters is 1. The van der Waals surface area contributed by atoms with Crippen molar-refractivity contribution in [1.29, 1.82) is 0 Å². The lowest BCUT2D eigenvalue weighted by atomic mass is 10.0. The van der Waals surface area contributed by atoms with E-state index in [1.807, 2.05) is 66.9 Å². The summed E-state index contributed by atoms with van der Waals surface area (Å²) < 4.78 is 10.4. The molecule has 5 heteroatoms. The van der Waals surface area contributed by atoms with Gasteiger partial charge in [-0.25, -0.2) is 4.98 Å². The topological polar surface area (TPSA) is 61.3 Å². The molecule has 0 saturated heterocycles. The summed E-state index contributed by atoms with van der Waals surface area (Å²) in [5.41, 5.74) is 3.90. The monoisotopic (exact) mass is 376 g/mol. The van der Waals surface area contributed by atoms with Gasteiger partial charge in [-0.2, -0.15) is 4.98 Å². The van der Waals surface area contributed by atoms with Gasteiger partial charge in [-0.3, -0.25) is 4.79 Å². The van der Waals surface area contributed by atoms with E-state index in [1.54, 1.807) is 0 Å². The molecule has 0 bridgehead atoms. The molecule has 1 heterocycles. The van der Waals surface area contributed by atoms with Crippen molar-refractivity contribution >= 4 is 5.97 Å². The van der Waals surface area contributed by atoms with Crippen molar-refractivity contribution in [2.75, 3.05) is 13.7 Å². The maximum absolute atomic E-state index is 11.1. The fourth-order valence-electron chi connectivity index (χ4n) is 2.89. The zero-order chi connectivity index (χ0) is 19.6. The number of ether oxygens (including phenoxy) is 2. The number of carbonyl (C=O) groups is 1. The Labute approximate surface area is 165 Å². The third kappa shape index (κ3) is 5.39. The van der Waals surface area contributed by atoms with Crippen LogP contribution in [0.5, 0.6) is 6.01 Å². The van der Waals surface area contributed by atoms with E-state index in [0.717, 1.165) is 41.6 Å². The van der Waals surface area contributed by atoms with Crippen molar-refractivity contribution in [3.63, 3.8) is 0 Å². The molecule has 0 N–H and O–H groups in total. The summed E-state index contributed by atoms with van der Waals surface area (Å²) in [4.78, 5) is 20.2. The first-order chi connectivity index (χ1) is 13.8. The number of aromatic nitrogens is 2. The molecule has 5 nitrogen and oxygen atoms in total. The summed E-state index contributed by atoms with van der Waals surface area (Å²) in [6.07, 6.45) is 4.78. The van der Waals surface area contributed by atoms with Gasteiger partial charge in [-0.05, 0) is 24.8 Å². The van der Waals surface area contributed by atoms with Crippen molar-refractivity contribution < 1.29 is 14.3 Å². The number of hydrogen-bond donors (Lipinski definition) is 0. The molecule has 0 unspecified atom stereocenters. The Bertz CT molecular complexity index is 883. The van der Waals surface area contributed by atoms with Crippen molar-refractivity contribution in [2.45, 2.75) is 25.7 Å². The molecule has 0 aliphatic rings. The van der Waals surface area contributed by atoms with Crippen LogP contribution in [0, 0.1) is 0 Å². The fraction of sp³-hybridized carbons (Fsp3) is 0.261. The first-order valence-corrected chi connectivity index (χ1v) is 9.45. The summed E-state index contributed by atoms with van der Waals surface area (Å²) in [5, 5.41) is 0. The molecule has 2 aromatic carbocycles. The van der Waals surface area contributed by atoms with Crippen LogP contribution >= 0.6 is 0 Å². The summed E-state index contributed by atoms with van der Waals surface area (Å²) >= 11 is 0. The van der Waals surface area contributed by atoms with Gasteiger partial charge in [0.15, 0.2) is 0 Å². The molecule has 0 saturated carbocycles. The van der Waals surface area contributed by atoms with Crippen LogP contribution in [0.1, 0.15) is 25.7 Å². The number of unbranched alkanes of at least 4 members (excludes halogenated alkanes) is 2. The minimum Gasteiger partial charge on any atom is -0.469 e. The Balaban J connectivity index is 1.69. The van der Waals surface area contributed by atoms with Gasteiger partial charge < -0.3 is 9.47 Å². The minimum atomic E-state index is -0.173. The molecule has 0 amide bonds. The van der Waals surface area contributed by atoms with Gasteiger partial charge in [0.25, 0.3) is 0 Å². The summed E-state index contributed by atoms with van der Waals surface area (Å²) in [7, 11) is 1.41. The van der Waals surface area contributed by atoms with Crippen LogP contribution in [0.3, 0.4) is 0 Å². The zero-order valence-electron chi connectivity index (χ0n) is 16.0. The van der Waals surface area contributed by atoms with E-state index in [9.17, 15) is 4.79 Å². The Morgan fingerprint density at radius 2 is 1.57 bits per heavy atom. The van der Waals surface area contributed by atoms with Crippen LogP contribution in [-0.4, -0.2) is 29.7 Å². The molecular formula is C23H24N2O3. The Morgan fingerprint density at radius 1 is 0.893 bits per heavy atom. The molecule has 3 aromatic rings. The van der Waals surface area contributed by atoms with Crippen molar-refractivity contribution in [1.82, 2.24) is 9.97 Å². The van der Waals surface area contributed by atoms with Crippen molar-refractivity contribution in [2.24, 2.45) is 0 Å². The first kappa shape index (κ1) is 19.5. The standard InChI is InChI=1S/C23H24N2O3/c1-27-21(26)15-9-4-10-16-28-23-24-17-20(18-11-5-2-6-12-18)22(25-23)19-13-7-3-8-14-19/h2-3,5-8,11-14,17H,4,9-10,15-16H2,1H3. The number of hydrogen-bond acceptors (Lipinski definition) is 5. The minimum absolute atomic E-state index is 0.173. The summed E-state index contributed by atoms with van der Waals surface area (Å²) in [6.45, 7) is 0.514. The average Bonchev–Trinajstić information content (AvgIpc) is 2.77. The van der Waals surface area contributed by atoms with Crippen LogP contribution in [-0.2, 0) is 9.53 Å². The lowest BCUT2D eigenvalue weighted by Gasteiger charge is -2.11. The fourth-order valence-corrected chi connectivity index (χ4v) is 2.89. The maximum Gasteiger partial charge on any atom is 0.316 e. The molecule has 0 atom stereocenters. The molecule has 28 heavy (non-hydrogen) atoms. The second kappa shape index (κ2) is 10.2. The van der Waals surface area contributed by atoms with E-state index >= 15 is 0 Å². The van der Waals surface area contributed by atoms with Gasteiger partial charge in [0.2, 0.25) is 0 Å². The zero-order valence-corrected chi connectivity index (χ0v) is 16.0. The molecule has 3 rings (SSSR count). The number of benzene rings is 2. The third-order valence-electron chi connectivity index (χ3n) is 4.38. The normalized spacial score (nSPS) is 10.5. The Morgan fingerprint density at radius 3 is 2.25 bits per heavy atom. The van der Waals surface area contributed by atoms with Crippen LogP contribution in [0.15, 0.2) is 66.9 Å². The second-order valence-corrected chi connectivity index (χ2v) is 6.38. The smallest absolute Gasteiger partial charge is 0.316 e. The quantitative estimate of drug-likeness (QED) is 0.392. The molecule has 0 aliphatic heterocycles. The molecule has 144 valence electrons. The van der Waals surface area contributed by atoms with Gasteiger partial charge in [0.1, 0.15) is 0 Å². The maximum atomic E-state index is 11.1. The van der Waals surface area contributed by atoms with Crippen LogP contribution in [0.2, 0.25) is 0 Å². The molecule has 1 aromatic heterocycles. The highest BCUT2D eigenvalue weighted by Crippen LogP contribution is 2.30. The van der Waals surface area contributed by atoms with Crippen LogP contribution in [0.25, 0.3) is 22.4 Å². The van der Waals surface area contributed by atoms with E-state index in [4.69, 9.17) is 4.74 Å². The highest BCUT2D eigenvalue weighted by atomic mass is 16.5. The highest BCUT2D eigenvalue weighted by molar-refractivity contribution is 5.80. The van der Waals surface area contributed by atoms with Gasteiger partial charge in [0, 0.05) is 23.7 Å². The largest absolute Gasteiger partial charge is 0.469 e. The third-order valence-corrected chi connectivity index (χ3v) is 4.38. The van der Waals surface area contributed by atoms with Gasteiger partial charge in [-0.15, -0.1) is 0 Å². The Hall–Kier alpha value is -3.21. The Kier molecular flexibility index (Phi) is 7.13. The van der Waals surface area contributed by atoms with Crippen LogP contribution < -0.4 is 4.74 Å². The number of carbonyl (C=O) groups excluding carboxylic acids is 1. The molecular weight excluding hydrogens is 352 g/mol. The molecule has 0 aliphatic carbocycles. The van der Waals surface area contributed by atoms with E-state index in [0.29, 0.717) is 19.0 Å². The van der Waals surface area contributed by atoms with Crippen LogP contribution in [0.4, 0.5) is 0 Å². The number of methoxy groups -OCH3 is 1. The SMILES string of the molecule is COC(=O)CCCCCOc1ncc(-c2ccccc2)c(-c2ccccc2)n1. The summed E-state index contributed by atoms with van der Waals surface area (Å²) in [5.74, 6) is -0.173. The van der Waals surface area contributed by atoms with Crippen molar-refractivity contribution in [3.05, 3.63) is 66.9 Å². The lowest BCUT2D eigenvalue weighted by molar-refractivity contribution is -0.140. The number of nitrogens with zero attached hydrogens (tertiary/aromatic N) is 2. The van der Waals surface area contributed by atoms with E-state index in [1.165, 1.54) is 7.11 Å². The van der Waals surface area contributed by atoms with Gasteiger partial charge in [0.05, 0.1) is 19.4 Å². The average molecular weight is 376 g/mol. The predicted octanol–water partition coefficient (Wildman–Crippen LogP) is 4.92. The van der Waals surface area contributed by atoms with E-state index in [-0.39, 0.29) is 5.97 Å². The molecule has 0 radical (unpaired) electrons. The molecule has 0 fully saturated rings. The van der Waals surface area contributed by atoms with Gasteiger partial charge in [-0.1, -0.05) is 60.7 Å². The summed E-state index contributed by atoms with van der Waals surface area (Å²) in [6, 6.07) is 20.5. The first-order valence-electron chi connectivity index (χ1n) is 9.45. The van der Waals surface area contributed by atoms with E-state index < -0.39 is 0 Å². The highest BCUT2D eigenvalue weighted by Gasteiger charge is 2.12. The molecule has 0 spiro atoms. The second-order valence-electron chi connectivity index (χ2n) is 6.38. The van der Waals surface area contributed by atoms with Crippen molar-refractivity contribution in [3.8, 4) is 28.4 Å². The van der Waals surface area contributed by atoms with E-state index in [2.05, 4.69) is 14.7 Å². The number of rotatable bonds is 9. The van der Waals surface area contributed by atoms with Gasteiger partial charge >= 0.3 is 12.0 Å². The predicted molar refractivity (Wildman–Crippen MR) is 109 cm³/mol. The lowest BCUT2D eigenvalue weighted by Crippen LogP contribution is -2.04.